The van der Waals surface area contributed by atoms with Gasteiger partial charge in [-0.15, -0.1) is 11.3 Å². The summed E-state index contributed by atoms with van der Waals surface area (Å²) in [5.74, 6) is -1.53. The van der Waals surface area contributed by atoms with Gasteiger partial charge in [-0.05, 0) is 54.8 Å². The van der Waals surface area contributed by atoms with Gasteiger partial charge in [0.2, 0.25) is 10.0 Å². The maximum Gasteiger partial charge on any atom is 0.271 e. The normalized spacial score (nSPS) is 18.9. The summed E-state index contributed by atoms with van der Waals surface area (Å²) in [4.78, 5) is 15.0. The molecule has 3 aromatic rings. The van der Waals surface area contributed by atoms with Gasteiger partial charge in [-0.25, -0.2) is 21.2 Å². The van der Waals surface area contributed by atoms with Crippen molar-refractivity contribution in [1.82, 2.24) is 9.21 Å². The lowest BCUT2D eigenvalue weighted by molar-refractivity contribution is 0.0389. The van der Waals surface area contributed by atoms with Crippen molar-refractivity contribution < 1.29 is 35.9 Å². The second-order valence-electron chi connectivity index (χ2n) is 9.58. The van der Waals surface area contributed by atoms with Crippen LogP contribution in [0.3, 0.4) is 0 Å². The number of anilines is 1. The largest absolute Gasteiger partial charge is 0.486 e. The summed E-state index contributed by atoms with van der Waals surface area (Å²) in [6.07, 6.45) is -0.840. The molecule has 0 saturated heterocycles. The molecule has 0 radical (unpaired) electrons. The summed E-state index contributed by atoms with van der Waals surface area (Å²) < 4.78 is 75.9. The van der Waals surface area contributed by atoms with Crippen LogP contribution < -0.4 is 9.46 Å². The molecule has 0 aliphatic carbocycles. The molecular weight excluding hydrogens is 581 g/mol. The number of para-hydroxylation sites is 1. The standard InChI is InChI=1S/C26H30FN3O7S3/c1-17-14-30(18(2)16-31)26(32)21-6-4-7-22(28-39(33,34)24-8-5-13-38-24)25(21)37-23(17)15-29(3)40(35,36)20-11-9-19(27)10-12-20/h4-13,17-18,23,28,31H,14-16H2,1-3H3/t17-,18-,23+/m1/s1. The van der Waals surface area contributed by atoms with Gasteiger partial charge in [-0.3, -0.25) is 9.52 Å². The zero-order valence-electron chi connectivity index (χ0n) is 22.0. The molecule has 0 saturated carbocycles. The minimum Gasteiger partial charge on any atom is -0.486 e. The van der Waals surface area contributed by atoms with Gasteiger partial charge in [0.05, 0.1) is 35.3 Å². The van der Waals surface area contributed by atoms with Crippen molar-refractivity contribution in [3.05, 3.63) is 71.4 Å². The zero-order valence-corrected chi connectivity index (χ0v) is 24.5. The van der Waals surface area contributed by atoms with Crippen LogP contribution in [-0.2, 0) is 20.0 Å². The van der Waals surface area contributed by atoms with E-state index in [1.807, 2.05) is 0 Å². The molecule has 0 bridgehead atoms. The second-order valence-corrected chi connectivity index (χ2v) is 14.5. The third-order valence-corrected chi connectivity index (χ3v) is 11.3. The Morgan fingerprint density at radius 1 is 1.15 bits per heavy atom. The summed E-state index contributed by atoms with van der Waals surface area (Å²) in [6, 6.07) is 11.4. The Bertz CT molecular complexity index is 1560. The van der Waals surface area contributed by atoms with Gasteiger partial charge in [0.25, 0.3) is 15.9 Å². The van der Waals surface area contributed by atoms with Crippen molar-refractivity contribution in [2.24, 2.45) is 5.92 Å². The number of benzene rings is 2. The van der Waals surface area contributed by atoms with Gasteiger partial charge in [-0.2, -0.15) is 4.31 Å². The Balaban J connectivity index is 1.75. The molecule has 14 heteroatoms. The highest BCUT2D eigenvalue weighted by molar-refractivity contribution is 7.94. The van der Waals surface area contributed by atoms with Crippen molar-refractivity contribution in [2.45, 2.75) is 35.1 Å². The molecular formula is C26H30FN3O7S3. The van der Waals surface area contributed by atoms with E-state index in [9.17, 15) is 31.1 Å². The molecule has 2 aromatic carbocycles. The van der Waals surface area contributed by atoms with Crippen LogP contribution in [0.1, 0.15) is 24.2 Å². The quantitative estimate of drug-likeness (QED) is 0.380. The topological polar surface area (TPSA) is 133 Å². The molecule has 1 aliphatic rings. The van der Waals surface area contributed by atoms with Crippen molar-refractivity contribution in [1.29, 1.82) is 0 Å². The van der Waals surface area contributed by atoms with E-state index < -0.39 is 49.8 Å². The molecule has 0 fully saturated rings. The number of sulfonamides is 2. The molecule has 40 heavy (non-hydrogen) atoms. The zero-order chi connectivity index (χ0) is 29.2. The van der Waals surface area contributed by atoms with Gasteiger partial charge in [0.15, 0.2) is 5.75 Å². The number of halogens is 1. The predicted molar refractivity (Wildman–Crippen MR) is 149 cm³/mol. The van der Waals surface area contributed by atoms with Gasteiger partial charge >= 0.3 is 0 Å². The number of carbonyl (C=O) groups excluding carboxylic acids is 1. The summed E-state index contributed by atoms with van der Waals surface area (Å²) >= 11 is 1.02. The molecule has 216 valence electrons. The number of aliphatic hydroxyl groups excluding tert-OH is 1. The maximum atomic E-state index is 13.6. The number of thiophene rings is 1. The predicted octanol–water partition coefficient (Wildman–Crippen LogP) is 3.23. The minimum absolute atomic E-state index is 0.0130. The number of carbonyl (C=O) groups is 1. The summed E-state index contributed by atoms with van der Waals surface area (Å²) in [6.45, 7) is 3.11. The second kappa shape index (κ2) is 11.8. The Morgan fingerprint density at radius 3 is 2.48 bits per heavy atom. The van der Waals surface area contributed by atoms with Crippen LogP contribution in [0, 0.1) is 11.7 Å². The maximum absolute atomic E-state index is 13.6. The van der Waals surface area contributed by atoms with Crippen molar-refractivity contribution in [3.63, 3.8) is 0 Å². The van der Waals surface area contributed by atoms with E-state index in [-0.39, 0.29) is 45.8 Å². The van der Waals surface area contributed by atoms with Crippen LogP contribution in [0.25, 0.3) is 0 Å². The molecule has 0 spiro atoms. The number of fused-ring (bicyclic) bond motifs is 1. The van der Waals surface area contributed by atoms with E-state index >= 15 is 0 Å². The van der Waals surface area contributed by atoms with E-state index in [2.05, 4.69) is 4.72 Å². The van der Waals surface area contributed by atoms with Crippen LogP contribution in [0.4, 0.5) is 10.1 Å². The number of nitrogens with zero attached hydrogens (tertiary/aromatic N) is 2. The molecule has 4 rings (SSSR count). The van der Waals surface area contributed by atoms with Gasteiger partial charge in [0, 0.05) is 19.5 Å². The van der Waals surface area contributed by atoms with Crippen LogP contribution in [-0.4, -0.2) is 75.9 Å². The number of hydrogen-bond donors (Lipinski definition) is 2. The van der Waals surface area contributed by atoms with E-state index in [0.717, 1.165) is 27.8 Å². The highest BCUT2D eigenvalue weighted by Gasteiger charge is 2.36. The molecule has 1 amide bonds. The fourth-order valence-corrected chi connectivity index (χ4v) is 7.53. The lowest BCUT2D eigenvalue weighted by atomic mass is 9.99. The van der Waals surface area contributed by atoms with E-state index in [0.29, 0.717) is 0 Å². The van der Waals surface area contributed by atoms with Crippen LogP contribution in [0.2, 0.25) is 0 Å². The first kappa shape index (κ1) is 29.9. The highest BCUT2D eigenvalue weighted by Crippen LogP contribution is 2.36. The Kier molecular flexibility index (Phi) is 8.85. The first-order valence-electron chi connectivity index (χ1n) is 12.3. The highest BCUT2D eigenvalue weighted by atomic mass is 32.2. The van der Waals surface area contributed by atoms with Gasteiger partial charge in [-0.1, -0.05) is 19.1 Å². The smallest absolute Gasteiger partial charge is 0.271 e. The Morgan fingerprint density at radius 2 is 1.85 bits per heavy atom. The summed E-state index contributed by atoms with van der Waals surface area (Å²) in [5.41, 5.74) is 0.0756. The Hall–Kier alpha value is -3.04. The van der Waals surface area contributed by atoms with E-state index in [4.69, 9.17) is 4.74 Å². The van der Waals surface area contributed by atoms with Crippen LogP contribution in [0.15, 0.2) is 69.1 Å². The molecule has 2 N–H and O–H groups in total. The number of likely N-dealkylation sites (N-methyl/N-ethyl adjacent to an activating group) is 1. The van der Waals surface area contributed by atoms with Crippen molar-refractivity contribution >= 4 is 43.0 Å². The fourth-order valence-electron chi connectivity index (χ4n) is 4.29. The van der Waals surface area contributed by atoms with Gasteiger partial charge < -0.3 is 14.7 Å². The first-order valence-corrected chi connectivity index (χ1v) is 16.1. The third-order valence-electron chi connectivity index (χ3n) is 6.65. The summed E-state index contributed by atoms with van der Waals surface area (Å²) in [5, 5.41) is 11.5. The summed E-state index contributed by atoms with van der Waals surface area (Å²) in [7, 11) is -6.68. The molecule has 1 aliphatic heterocycles. The third kappa shape index (κ3) is 6.15. The number of ether oxygens (including phenoxy) is 1. The average Bonchev–Trinajstić information content (AvgIpc) is 3.47. The van der Waals surface area contributed by atoms with Crippen LogP contribution >= 0.6 is 11.3 Å². The molecule has 10 nitrogen and oxygen atoms in total. The van der Waals surface area contributed by atoms with E-state index in [1.54, 1.807) is 25.3 Å². The lowest BCUT2D eigenvalue weighted by Gasteiger charge is -2.38. The van der Waals surface area contributed by atoms with Gasteiger partial charge in [0.1, 0.15) is 16.1 Å². The average molecular weight is 612 g/mol. The monoisotopic (exact) mass is 611 g/mol. The first-order chi connectivity index (χ1) is 18.8. The van der Waals surface area contributed by atoms with E-state index in [1.165, 1.54) is 48.3 Å². The van der Waals surface area contributed by atoms with Crippen molar-refractivity contribution in [3.8, 4) is 5.75 Å². The SMILES string of the molecule is C[C@@H]1CN([C@H](C)CO)C(=O)c2cccc(NS(=O)(=O)c3cccs3)c2O[C@H]1CN(C)S(=O)(=O)c1ccc(F)cc1. The fraction of sp³-hybridized carbons (Fsp3) is 0.346. The molecule has 1 aromatic heterocycles. The molecule has 3 atom stereocenters. The van der Waals surface area contributed by atoms with Crippen molar-refractivity contribution in [2.75, 3.05) is 31.5 Å². The number of aliphatic hydroxyl groups is 1. The lowest BCUT2D eigenvalue weighted by Crippen LogP contribution is -2.50. The van der Waals surface area contributed by atoms with Crippen LogP contribution in [0.5, 0.6) is 5.75 Å². The number of amides is 1. The Labute approximate surface area is 237 Å². The molecule has 2 heterocycles. The minimum atomic E-state index is -4.03. The molecule has 0 unspecified atom stereocenters. The number of rotatable bonds is 9. The number of hydrogen-bond acceptors (Lipinski definition) is 8. The number of nitrogens with one attached hydrogen (secondary N) is 1.